The number of halogens is 1. The summed E-state index contributed by atoms with van der Waals surface area (Å²) in [6, 6.07) is 15.0. The molecule has 0 unspecified atom stereocenters. The van der Waals surface area contributed by atoms with Gasteiger partial charge in [0, 0.05) is 24.2 Å². The van der Waals surface area contributed by atoms with Crippen LogP contribution in [0.25, 0.3) is 22.8 Å². The van der Waals surface area contributed by atoms with Gasteiger partial charge in [0.25, 0.3) is 0 Å². The van der Waals surface area contributed by atoms with Crippen LogP contribution in [-0.4, -0.2) is 32.3 Å². The number of hydrogen-bond donors (Lipinski definition) is 1. The smallest absolute Gasteiger partial charge is 0.337 e. The minimum atomic E-state index is -0.485. The van der Waals surface area contributed by atoms with E-state index in [1.807, 2.05) is 47.4 Å². The van der Waals surface area contributed by atoms with Gasteiger partial charge in [0.2, 0.25) is 5.91 Å². The van der Waals surface area contributed by atoms with Crippen LogP contribution >= 0.6 is 11.6 Å². The number of carbonyl (C=O) groups is 1. The molecule has 1 saturated heterocycles. The van der Waals surface area contributed by atoms with E-state index in [2.05, 4.69) is 35.7 Å². The van der Waals surface area contributed by atoms with Crippen LogP contribution in [0.2, 0.25) is 5.02 Å². The first kappa shape index (κ1) is 23.7. The first-order valence-corrected chi connectivity index (χ1v) is 12.6. The number of H-pyrrole nitrogens is 1. The minimum absolute atomic E-state index is 0.167. The number of β-lactam (4-membered cyclic amide) rings is 1. The molecule has 5 rings (SSSR count). The Morgan fingerprint density at radius 1 is 1.06 bits per heavy atom. The summed E-state index contributed by atoms with van der Waals surface area (Å²) in [5, 5.41) is 0.481. The predicted octanol–water partition coefficient (Wildman–Crippen LogP) is 5.72. The van der Waals surface area contributed by atoms with Gasteiger partial charge in [0.15, 0.2) is 5.82 Å². The summed E-state index contributed by atoms with van der Waals surface area (Å²) in [4.78, 5) is 38.7. The Labute approximate surface area is 210 Å². The zero-order chi connectivity index (χ0) is 24.8. The molecule has 1 N–H and O–H groups in total. The van der Waals surface area contributed by atoms with Gasteiger partial charge in [0.05, 0.1) is 10.4 Å². The van der Waals surface area contributed by atoms with Gasteiger partial charge in [-0.05, 0) is 54.7 Å². The molecule has 1 spiro atoms. The quantitative estimate of drug-likeness (QED) is 0.474. The van der Waals surface area contributed by atoms with Crippen molar-refractivity contribution in [3.63, 3.8) is 0 Å². The van der Waals surface area contributed by atoms with Crippen molar-refractivity contribution in [1.82, 2.24) is 19.9 Å². The predicted molar refractivity (Wildman–Crippen MR) is 138 cm³/mol. The average Bonchev–Trinajstić information content (AvgIpc) is 2.84. The van der Waals surface area contributed by atoms with E-state index in [9.17, 15) is 9.59 Å². The molecule has 3 aromatic rings. The number of carbonyl (C=O) groups excluding carboxylic acids is 1. The Kier molecular flexibility index (Phi) is 6.04. The molecule has 0 atom stereocenters. The summed E-state index contributed by atoms with van der Waals surface area (Å²) in [5.41, 5.74) is 1.98. The Balaban J connectivity index is 1.33. The second-order valence-electron chi connectivity index (χ2n) is 11.1. The lowest BCUT2D eigenvalue weighted by atomic mass is 9.61. The fourth-order valence-corrected chi connectivity index (χ4v) is 5.79. The lowest BCUT2D eigenvalue weighted by Crippen LogP contribution is -2.62. The molecule has 1 saturated carbocycles. The number of hydrogen-bond acceptors (Lipinski definition) is 4. The molecule has 182 valence electrons. The van der Waals surface area contributed by atoms with Crippen LogP contribution in [-0.2, 0) is 11.3 Å². The van der Waals surface area contributed by atoms with Gasteiger partial charge in [-0.3, -0.25) is 9.78 Å². The van der Waals surface area contributed by atoms with E-state index in [-0.39, 0.29) is 11.3 Å². The number of nitrogens with one attached hydrogen (secondary N) is 1. The van der Waals surface area contributed by atoms with Crippen LogP contribution in [0, 0.1) is 16.7 Å². The Bertz CT molecular complexity index is 1300. The van der Waals surface area contributed by atoms with Crippen LogP contribution in [0.15, 0.2) is 53.3 Å². The SMILES string of the molecule is CC(C)(C)C1CCC2(CC1)CN(Cc1ccc(Cl)c(-c3nc(-c4ccccc4)nc(=O)[nH]3)c1)C2=O. The number of aromatic nitrogens is 3. The van der Waals surface area contributed by atoms with Crippen LogP contribution in [0.1, 0.15) is 52.0 Å². The van der Waals surface area contributed by atoms with Gasteiger partial charge in [-0.2, -0.15) is 4.98 Å². The van der Waals surface area contributed by atoms with Crippen LogP contribution in [0.5, 0.6) is 0 Å². The average molecular weight is 491 g/mol. The highest BCUT2D eigenvalue weighted by Crippen LogP contribution is 2.50. The molecular weight excluding hydrogens is 460 g/mol. The Hall–Kier alpha value is -2.99. The largest absolute Gasteiger partial charge is 0.348 e. The van der Waals surface area contributed by atoms with Crippen molar-refractivity contribution in [1.29, 1.82) is 0 Å². The summed E-state index contributed by atoms with van der Waals surface area (Å²) in [6.45, 7) is 8.24. The van der Waals surface area contributed by atoms with E-state index >= 15 is 0 Å². The normalized spacial score (nSPS) is 22.3. The molecule has 7 heteroatoms. The van der Waals surface area contributed by atoms with Gasteiger partial charge in [0.1, 0.15) is 5.82 Å². The zero-order valence-electron chi connectivity index (χ0n) is 20.5. The van der Waals surface area contributed by atoms with Gasteiger partial charge in [-0.15, -0.1) is 0 Å². The van der Waals surface area contributed by atoms with E-state index in [1.165, 1.54) is 0 Å². The van der Waals surface area contributed by atoms with Crippen molar-refractivity contribution in [3.05, 3.63) is 69.6 Å². The van der Waals surface area contributed by atoms with E-state index < -0.39 is 5.69 Å². The molecule has 0 bridgehead atoms. The van der Waals surface area contributed by atoms with Crippen molar-refractivity contribution in [3.8, 4) is 22.8 Å². The first-order valence-electron chi connectivity index (χ1n) is 12.3. The van der Waals surface area contributed by atoms with E-state index in [0.29, 0.717) is 40.1 Å². The monoisotopic (exact) mass is 490 g/mol. The number of nitrogens with zero attached hydrogens (tertiary/aromatic N) is 3. The second-order valence-corrected chi connectivity index (χ2v) is 11.5. The molecule has 2 fully saturated rings. The maximum Gasteiger partial charge on any atom is 0.348 e. The number of aromatic amines is 1. The van der Waals surface area contributed by atoms with E-state index in [4.69, 9.17) is 11.6 Å². The number of likely N-dealkylation sites (tertiary alicyclic amines) is 1. The molecule has 1 amide bonds. The first-order chi connectivity index (χ1) is 16.6. The summed E-state index contributed by atoms with van der Waals surface area (Å²) in [5.74, 6) is 1.66. The Morgan fingerprint density at radius 3 is 2.43 bits per heavy atom. The topological polar surface area (TPSA) is 79.0 Å². The maximum atomic E-state index is 13.2. The highest BCUT2D eigenvalue weighted by Gasteiger charge is 2.53. The summed E-state index contributed by atoms with van der Waals surface area (Å²) >= 11 is 6.50. The molecule has 1 aliphatic carbocycles. The highest BCUT2D eigenvalue weighted by atomic mass is 35.5. The van der Waals surface area contributed by atoms with Gasteiger partial charge in [-0.25, -0.2) is 9.78 Å². The summed E-state index contributed by atoms with van der Waals surface area (Å²) < 4.78 is 0. The molecule has 2 aromatic carbocycles. The van der Waals surface area contributed by atoms with Crippen molar-refractivity contribution in [2.75, 3.05) is 6.54 Å². The third-order valence-corrected chi connectivity index (χ3v) is 8.07. The molecule has 1 aliphatic heterocycles. The highest BCUT2D eigenvalue weighted by molar-refractivity contribution is 6.33. The number of amides is 1. The molecule has 0 radical (unpaired) electrons. The fraction of sp³-hybridized carbons (Fsp3) is 0.429. The maximum absolute atomic E-state index is 13.2. The van der Waals surface area contributed by atoms with Crippen molar-refractivity contribution < 1.29 is 4.79 Å². The minimum Gasteiger partial charge on any atom is -0.337 e. The van der Waals surface area contributed by atoms with Crippen LogP contribution < -0.4 is 5.69 Å². The molecule has 1 aromatic heterocycles. The van der Waals surface area contributed by atoms with Crippen molar-refractivity contribution >= 4 is 17.5 Å². The lowest BCUT2D eigenvalue weighted by Gasteiger charge is -2.53. The van der Waals surface area contributed by atoms with Crippen LogP contribution in [0.4, 0.5) is 0 Å². The molecule has 2 aliphatic rings. The van der Waals surface area contributed by atoms with Gasteiger partial charge >= 0.3 is 5.69 Å². The van der Waals surface area contributed by atoms with Gasteiger partial charge < -0.3 is 4.90 Å². The van der Waals surface area contributed by atoms with Crippen molar-refractivity contribution in [2.24, 2.45) is 16.7 Å². The van der Waals surface area contributed by atoms with E-state index in [0.717, 1.165) is 43.4 Å². The third kappa shape index (κ3) is 4.64. The summed E-state index contributed by atoms with van der Waals surface area (Å²) in [7, 11) is 0. The Morgan fingerprint density at radius 2 is 1.77 bits per heavy atom. The second kappa shape index (κ2) is 8.90. The fourth-order valence-electron chi connectivity index (χ4n) is 5.59. The third-order valence-electron chi connectivity index (χ3n) is 7.74. The molecule has 35 heavy (non-hydrogen) atoms. The van der Waals surface area contributed by atoms with E-state index in [1.54, 1.807) is 6.07 Å². The molecular formula is C28H31ClN4O2. The van der Waals surface area contributed by atoms with Crippen LogP contribution in [0.3, 0.4) is 0 Å². The standard InChI is InChI=1S/C28H31ClN4O2/c1-27(2,3)20-11-13-28(14-12-20)17-33(25(28)34)16-18-9-10-22(29)21(15-18)24-30-23(31-26(35)32-24)19-7-5-4-6-8-19/h4-10,15,20H,11-14,16-17H2,1-3H3,(H,30,31,32,35). The van der Waals surface area contributed by atoms with Crippen molar-refractivity contribution in [2.45, 2.75) is 53.0 Å². The van der Waals surface area contributed by atoms with Gasteiger partial charge in [-0.1, -0.05) is 68.8 Å². The summed E-state index contributed by atoms with van der Waals surface area (Å²) in [6.07, 6.45) is 4.22. The zero-order valence-corrected chi connectivity index (χ0v) is 21.2. The lowest BCUT2D eigenvalue weighted by molar-refractivity contribution is -0.166. The number of benzene rings is 2. The molecule has 2 heterocycles. The molecule has 6 nitrogen and oxygen atoms in total. The number of rotatable bonds is 4.